The van der Waals surface area contributed by atoms with Crippen LogP contribution in [0.3, 0.4) is 0 Å². The van der Waals surface area contributed by atoms with Crippen LogP contribution in [0, 0.1) is 0 Å². The molecule has 32 valence electrons. The largest absolute Gasteiger partial charge is 1.00 e. The molecule has 0 aromatic heterocycles. The van der Waals surface area contributed by atoms with Crippen LogP contribution in [-0.2, 0) is 0 Å². The van der Waals surface area contributed by atoms with Gasteiger partial charge in [0.25, 0.3) is 0 Å². The van der Waals surface area contributed by atoms with Gasteiger partial charge in [-0.05, 0) is 0 Å². The van der Waals surface area contributed by atoms with Gasteiger partial charge < -0.3 is 28.2 Å². The van der Waals surface area contributed by atoms with Gasteiger partial charge in [0.2, 0.25) is 0 Å². The van der Waals surface area contributed by atoms with Crippen LogP contribution in [-0.4, -0.2) is 9.05 Å². The molecule has 0 aliphatic heterocycles. The molecule has 4 nitrogen and oxygen atoms in total. The number of rotatable bonds is 0. The Morgan fingerprint density at radius 2 is 0.556 bits per heavy atom. The monoisotopic (exact) mass is 624 g/mol. The van der Waals surface area contributed by atoms with E-state index in [4.69, 9.17) is 19.2 Å². The van der Waals surface area contributed by atoms with Crippen molar-refractivity contribution >= 4 is 9.05 Å². The fraction of sp³-hybridized carbons (Fsp3) is 0. The molecular weight excluding hydrogens is 624 g/mol. The fourth-order valence-corrected chi connectivity index (χ4v) is 0. The topological polar surface area (TPSA) is 92.2 Å². The second-order valence-electron chi connectivity index (χ2n) is 0.500. The molecule has 0 fully saturated rings. The SMILES string of the molecule is [Cs+].[Cs+].[Cs+].[Cs+].[O-][Si]([O-])([O-])[O-]. The first-order valence-corrected chi connectivity index (χ1v) is 2.45. The molecule has 0 radical (unpaired) electrons. The van der Waals surface area contributed by atoms with E-state index >= 15 is 0 Å². The Kier molecular flexibility index (Phi) is 62.8. The number of hydrogen-bond acceptors (Lipinski definition) is 4. The molecule has 0 unspecified atom stereocenters. The van der Waals surface area contributed by atoms with Crippen molar-refractivity contribution in [2.24, 2.45) is 0 Å². The molecule has 0 rings (SSSR count). The average molecular weight is 624 g/mol. The molecule has 0 aromatic rings. The van der Waals surface area contributed by atoms with E-state index in [9.17, 15) is 0 Å². The summed E-state index contributed by atoms with van der Waals surface area (Å²) in [6.45, 7) is 0. The van der Waals surface area contributed by atoms with Crippen LogP contribution in [0.2, 0.25) is 0 Å². The van der Waals surface area contributed by atoms with E-state index in [1.54, 1.807) is 0 Å². The summed E-state index contributed by atoms with van der Waals surface area (Å²) in [7, 11) is -5.61. The average Bonchev–Trinajstić information content (AvgIpc) is 0.722. The molecule has 0 aliphatic rings. The zero-order valence-electron chi connectivity index (χ0n) is 6.13. The summed E-state index contributed by atoms with van der Waals surface area (Å²) in [4.78, 5) is 34.3. The third kappa shape index (κ3) is 48.5. The van der Waals surface area contributed by atoms with Crippen LogP contribution in [0.25, 0.3) is 0 Å². The summed E-state index contributed by atoms with van der Waals surface area (Å²) in [5, 5.41) is 0. The third-order valence-electron chi connectivity index (χ3n) is 0. The van der Waals surface area contributed by atoms with Crippen molar-refractivity contribution < 1.29 is 295 Å². The molecule has 0 atom stereocenters. The molecule has 0 heterocycles. The first-order chi connectivity index (χ1) is 2.00. The summed E-state index contributed by atoms with van der Waals surface area (Å²) in [6, 6.07) is 0. The van der Waals surface area contributed by atoms with Crippen molar-refractivity contribution in [3.8, 4) is 0 Å². The molecule has 9 heavy (non-hydrogen) atoms. The van der Waals surface area contributed by atoms with Gasteiger partial charge in [0.05, 0.1) is 0 Å². The zero-order chi connectivity index (χ0) is 4.50. The van der Waals surface area contributed by atoms with Crippen molar-refractivity contribution in [2.45, 2.75) is 0 Å². The zero-order valence-corrected chi connectivity index (χ0v) is 32.3. The minimum absolute atomic E-state index is 0. The normalized spacial score (nSPS) is 6.67. The minimum Gasteiger partial charge on any atom is -0.894 e. The Morgan fingerprint density at radius 1 is 0.556 bits per heavy atom. The molecule has 0 spiro atoms. The molecule has 9 heteroatoms. The summed E-state index contributed by atoms with van der Waals surface area (Å²) >= 11 is 0. The summed E-state index contributed by atoms with van der Waals surface area (Å²) in [5.41, 5.74) is 0. The molecule has 0 amide bonds. The van der Waals surface area contributed by atoms with Crippen molar-refractivity contribution in [1.82, 2.24) is 0 Å². The van der Waals surface area contributed by atoms with Crippen molar-refractivity contribution in [2.75, 3.05) is 0 Å². The Bertz CT molecular complexity index is 28.0. The van der Waals surface area contributed by atoms with E-state index in [-0.39, 0.29) is 276 Å². The van der Waals surface area contributed by atoms with Crippen molar-refractivity contribution in [3.05, 3.63) is 0 Å². The predicted molar refractivity (Wildman–Crippen MR) is 5.75 cm³/mol. The summed E-state index contributed by atoms with van der Waals surface area (Å²) in [6.07, 6.45) is 0. The molecular formula is Cs4O4Si. The molecule has 0 saturated heterocycles. The van der Waals surface area contributed by atoms with Gasteiger partial charge in [-0.3, -0.25) is 0 Å². The maximum absolute atomic E-state index is 8.58. The van der Waals surface area contributed by atoms with Crippen LogP contribution < -0.4 is 295 Å². The Hall–Kier alpha value is 8.26. The van der Waals surface area contributed by atoms with Gasteiger partial charge in [-0.15, -0.1) is 0 Å². The van der Waals surface area contributed by atoms with E-state index in [0.717, 1.165) is 0 Å². The van der Waals surface area contributed by atoms with Crippen LogP contribution in [0.5, 0.6) is 0 Å². The van der Waals surface area contributed by atoms with Crippen LogP contribution >= 0.6 is 0 Å². The van der Waals surface area contributed by atoms with Crippen LogP contribution in [0.15, 0.2) is 0 Å². The maximum atomic E-state index is 8.58. The van der Waals surface area contributed by atoms with Gasteiger partial charge in [-0.2, -0.15) is 0 Å². The standard InChI is InChI=1S/4Cs.O4Si/c;;;;1-5(2,3)4/q4*+1;-4. The Labute approximate surface area is 291 Å². The fourth-order valence-electron chi connectivity index (χ4n) is 0. The quantitative estimate of drug-likeness (QED) is 0.251. The number of hydrogen-bond donors (Lipinski definition) is 0. The van der Waals surface area contributed by atoms with Crippen molar-refractivity contribution in [3.63, 3.8) is 0 Å². The van der Waals surface area contributed by atoms with Gasteiger partial charge >= 0.3 is 276 Å². The van der Waals surface area contributed by atoms with E-state index in [2.05, 4.69) is 0 Å². The molecule has 0 N–H and O–H groups in total. The molecule has 0 bridgehead atoms. The van der Waals surface area contributed by atoms with Crippen molar-refractivity contribution in [1.29, 1.82) is 0 Å². The van der Waals surface area contributed by atoms with Crippen LogP contribution in [0.4, 0.5) is 0 Å². The minimum atomic E-state index is -5.61. The molecule has 0 aliphatic carbocycles. The summed E-state index contributed by atoms with van der Waals surface area (Å²) in [5.74, 6) is 0. The maximum Gasteiger partial charge on any atom is 1.00 e. The van der Waals surface area contributed by atoms with E-state index in [1.165, 1.54) is 0 Å². The Morgan fingerprint density at radius 3 is 0.556 bits per heavy atom. The van der Waals surface area contributed by atoms with Gasteiger partial charge in [0.15, 0.2) is 0 Å². The third-order valence-corrected chi connectivity index (χ3v) is 0. The smallest absolute Gasteiger partial charge is 0.894 e. The second-order valence-corrected chi connectivity index (χ2v) is 1.50. The van der Waals surface area contributed by atoms with Gasteiger partial charge in [0, 0.05) is 0 Å². The van der Waals surface area contributed by atoms with Gasteiger partial charge in [-0.1, -0.05) is 0 Å². The van der Waals surface area contributed by atoms with Gasteiger partial charge in [-0.25, -0.2) is 0 Å². The van der Waals surface area contributed by atoms with E-state index < -0.39 is 9.05 Å². The first-order valence-electron chi connectivity index (χ1n) is 0.816. The predicted octanol–water partition coefficient (Wildman–Crippen LogP) is -17.1. The second kappa shape index (κ2) is 18.6. The first kappa shape index (κ1) is 30.4. The van der Waals surface area contributed by atoms with Gasteiger partial charge in [0.1, 0.15) is 0 Å². The summed E-state index contributed by atoms with van der Waals surface area (Å²) < 4.78 is 0. The Balaban J connectivity index is -0.0000000133. The molecule has 0 saturated carbocycles. The van der Waals surface area contributed by atoms with E-state index in [1.807, 2.05) is 0 Å². The van der Waals surface area contributed by atoms with Crippen LogP contribution in [0.1, 0.15) is 0 Å². The van der Waals surface area contributed by atoms with E-state index in [0.29, 0.717) is 0 Å². The molecule has 0 aromatic carbocycles.